The number of nitrogens with one attached hydrogen (secondary N) is 2. The zero-order valence-corrected chi connectivity index (χ0v) is 11.6. The van der Waals surface area contributed by atoms with Crippen LogP contribution in [-0.2, 0) is 18.4 Å². The Balaban J connectivity index is 2.30. The summed E-state index contributed by atoms with van der Waals surface area (Å²) in [7, 11) is 1.88. The summed E-state index contributed by atoms with van der Waals surface area (Å²) in [5, 5.41) is 7.11. The molecule has 18 heavy (non-hydrogen) atoms. The van der Waals surface area contributed by atoms with Crippen LogP contribution in [0.1, 0.15) is 19.0 Å². The number of H-pyrrole nitrogens is 1. The van der Waals surface area contributed by atoms with E-state index in [9.17, 15) is 4.79 Å². The second-order valence-electron chi connectivity index (χ2n) is 4.19. The first-order valence-electron chi connectivity index (χ1n) is 5.93. The van der Waals surface area contributed by atoms with Crippen molar-refractivity contribution in [3.05, 3.63) is 10.5 Å². The number of nitrogens with zero attached hydrogens (tertiary/aromatic N) is 3. The zero-order chi connectivity index (χ0) is 13.3. The molecule has 7 heteroatoms. The van der Waals surface area contributed by atoms with E-state index >= 15 is 0 Å². The molecule has 0 saturated carbocycles. The summed E-state index contributed by atoms with van der Waals surface area (Å²) in [5.74, 6) is 0.0349. The molecule has 0 aliphatic rings. The van der Waals surface area contributed by atoms with Gasteiger partial charge in [0, 0.05) is 26.6 Å². The van der Waals surface area contributed by atoms with E-state index in [0.717, 1.165) is 16.9 Å². The zero-order valence-electron chi connectivity index (χ0n) is 10.8. The van der Waals surface area contributed by atoms with Crippen molar-refractivity contribution in [3.63, 3.8) is 0 Å². The van der Waals surface area contributed by atoms with E-state index < -0.39 is 0 Å². The Morgan fingerprint density at radius 3 is 2.94 bits per heavy atom. The van der Waals surface area contributed by atoms with Gasteiger partial charge in [0.2, 0.25) is 5.91 Å². The van der Waals surface area contributed by atoms with Gasteiger partial charge in [-0.2, -0.15) is 5.10 Å². The molecule has 0 spiro atoms. The smallest absolute Gasteiger partial charge is 0.221 e. The molecular weight excluding hydrogens is 250 g/mol. The first-order chi connectivity index (χ1) is 8.54. The first-order valence-corrected chi connectivity index (χ1v) is 6.34. The van der Waals surface area contributed by atoms with Crippen molar-refractivity contribution in [3.8, 4) is 0 Å². The van der Waals surface area contributed by atoms with Crippen molar-refractivity contribution in [1.29, 1.82) is 0 Å². The Hall–Kier alpha value is -1.63. The quantitative estimate of drug-likeness (QED) is 0.820. The summed E-state index contributed by atoms with van der Waals surface area (Å²) in [4.78, 5) is 14.6. The van der Waals surface area contributed by atoms with Gasteiger partial charge in [-0.25, -0.2) is 0 Å². The van der Waals surface area contributed by atoms with Crippen molar-refractivity contribution < 1.29 is 4.79 Å². The minimum absolute atomic E-state index is 0.0349. The molecule has 0 unspecified atom stereocenters. The molecule has 2 N–H and O–H groups in total. The Kier molecular flexibility index (Phi) is 3.51. The molecule has 0 aromatic carbocycles. The van der Waals surface area contributed by atoms with Crippen LogP contribution in [0.4, 0.5) is 0 Å². The van der Waals surface area contributed by atoms with Crippen LogP contribution in [0, 0.1) is 11.7 Å². The summed E-state index contributed by atoms with van der Waals surface area (Å²) < 4.78 is 4.33. The first kappa shape index (κ1) is 12.8. The van der Waals surface area contributed by atoms with E-state index in [-0.39, 0.29) is 5.91 Å². The van der Waals surface area contributed by atoms with E-state index in [1.807, 2.05) is 25.5 Å². The number of aromatic amines is 1. The maximum Gasteiger partial charge on any atom is 0.221 e. The molecular formula is C11H17N5OS. The van der Waals surface area contributed by atoms with Crippen LogP contribution in [0.25, 0.3) is 11.2 Å². The number of aryl methyl sites for hydroxylation is 3. The van der Waals surface area contributed by atoms with Crippen LogP contribution in [0.15, 0.2) is 0 Å². The Bertz CT molecular complexity index is 636. The number of carbonyl (C=O) groups is 1. The molecule has 6 nitrogen and oxygen atoms in total. The fourth-order valence-electron chi connectivity index (χ4n) is 2.08. The molecule has 0 bridgehead atoms. The fourth-order valence-corrected chi connectivity index (χ4v) is 2.36. The van der Waals surface area contributed by atoms with Crippen LogP contribution >= 0.6 is 12.2 Å². The molecule has 0 fully saturated rings. The van der Waals surface area contributed by atoms with Gasteiger partial charge in [0.1, 0.15) is 5.52 Å². The number of hydrogen-bond acceptors (Lipinski definition) is 3. The average Bonchev–Trinajstić information content (AvgIpc) is 2.76. The van der Waals surface area contributed by atoms with Gasteiger partial charge in [0.05, 0.1) is 5.69 Å². The van der Waals surface area contributed by atoms with E-state index in [2.05, 4.69) is 15.4 Å². The second-order valence-corrected chi connectivity index (χ2v) is 4.58. The van der Waals surface area contributed by atoms with Crippen LogP contribution in [0.2, 0.25) is 0 Å². The minimum atomic E-state index is 0.0349. The van der Waals surface area contributed by atoms with Gasteiger partial charge in [-0.05, 0) is 26.1 Å². The molecule has 2 heterocycles. The van der Waals surface area contributed by atoms with Crippen molar-refractivity contribution >= 4 is 29.3 Å². The predicted molar refractivity (Wildman–Crippen MR) is 71.9 cm³/mol. The fraction of sp³-hybridized carbons (Fsp3) is 0.545. The number of carbonyl (C=O) groups excluding carboxylic acids is 1. The molecule has 1 amide bonds. The van der Waals surface area contributed by atoms with Gasteiger partial charge in [0.25, 0.3) is 0 Å². The molecule has 2 aromatic heterocycles. The summed E-state index contributed by atoms with van der Waals surface area (Å²) in [6, 6.07) is 0. The summed E-state index contributed by atoms with van der Waals surface area (Å²) in [6.07, 6.45) is 0.416. The monoisotopic (exact) mass is 267 g/mol. The number of aromatic nitrogens is 4. The molecule has 0 radical (unpaired) electrons. The topological polar surface area (TPSA) is 67.6 Å². The van der Waals surface area contributed by atoms with E-state index in [0.29, 0.717) is 24.3 Å². The third kappa shape index (κ3) is 2.17. The normalized spacial score (nSPS) is 11.1. The van der Waals surface area contributed by atoms with Gasteiger partial charge in [-0.1, -0.05) is 0 Å². The van der Waals surface area contributed by atoms with E-state index in [4.69, 9.17) is 12.2 Å². The Morgan fingerprint density at radius 1 is 1.56 bits per heavy atom. The highest BCUT2D eigenvalue weighted by atomic mass is 32.1. The largest absolute Gasteiger partial charge is 0.356 e. The number of rotatable bonds is 4. The highest BCUT2D eigenvalue weighted by Crippen LogP contribution is 2.17. The highest BCUT2D eigenvalue weighted by molar-refractivity contribution is 7.71. The average molecular weight is 267 g/mol. The lowest BCUT2D eigenvalue weighted by atomic mass is 10.4. The molecule has 2 aromatic rings. The molecule has 0 aliphatic carbocycles. The summed E-state index contributed by atoms with van der Waals surface area (Å²) in [6.45, 7) is 5.05. The van der Waals surface area contributed by atoms with Crippen molar-refractivity contribution in [2.24, 2.45) is 7.05 Å². The van der Waals surface area contributed by atoms with E-state index in [1.165, 1.54) is 0 Å². The summed E-state index contributed by atoms with van der Waals surface area (Å²) >= 11 is 5.28. The van der Waals surface area contributed by atoms with Crippen LogP contribution in [0.5, 0.6) is 0 Å². The van der Waals surface area contributed by atoms with Crippen LogP contribution in [0.3, 0.4) is 0 Å². The molecule has 0 saturated heterocycles. The van der Waals surface area contributed by atoms with Crippen LogP contribution < -0.4 is 5.32 Å². The van der Waals surface area contributed by atoms with Gasteiger partial charge < -0.3 is 14.9 Å². The molecule has 0 atom stereocenters. The van der Waals surface area contributed by atoms with Crippen molar-refractivity contribution in [1.82, 2.24) is 24.6 Å². The third-order valence-corrected chi connectivity index (χ3v) is 3.18. The number of fused-ring (bicyclic) bond motifs is 1. The molecule has 2 rings (SSSR count). The Morgan fingerprint density at radius 2 is 2.28 bits per heavy atom. The predicted octanol–water partition coefficient (Wildman–Crippen LogP) is 1.27. The lowest BCUT2D eigenvalue weighted by Crippen LogP contribution is -2.23. The highest BCUT2D eigenvalue weighted by Gasteiger charge is 2.13. The van der Waals surface area contributed by atoms with Crippen LogP contribution in [-0.4, -0.2) is 31.8 Å². The molecule has 0 aliphatic heterocycles. The number of hydrogen-bond donors (Lipinski definition) is 2. The SMILES string of the molecule is CCNC(=O)CCn1c(=S)[nH]c2c(C)nn(C)c21. The lowest BCUT2D eigenvalue weighted by molar-refractivity contribution is -0.121. The van der Waals surface area contributed by atoms with E-state index in [1.54, 1.807) is 4.68 Å². The number of amides is 1. The summed E-state index contributed by atoms with van der Waals surface area (Å²) in [5.41, 5.74) is 2.79. The van der Waals surface area contributed by atoms with Gasteiger partial charge in [0.15, 0.2) is 10.4 Å². The van der Waals surface area contributed by atoms with Gasteiger partial charge in [-0.15, -0.1) is 0 Å². The second kappa shape index (κ2) is 4.93. The lowest BCUT2D eigenvalue weighted by Gasteiger charge is -2.05. The van der Waals surface area contributed by atoms with Gasteiger partial charge in [-0.3, -0.25) is 9.48 Å². The Labute approximate surface area is 110 Å². The van der Waals surface area contributed by atoms with Crippen molar-refractivity contribution in [2.75, 3.05) is 6.54 Å². The van der Waals surface area contributed by atoms with Gasteiger partial charge >= 0.3 is 0 Å². The van der Waals surface area contributed by atoms with Crippen molar-refractivity contribution in [2.45, 2.75) is 26.8 Å². The molecule has 98 valence electrons. The minimum Gasteiger partial charge on any atom is -0.356 e. The maximum absolute atomic E-state index is 11.5. The number of imidazole rings is 1. The maximum atomic E-state index is 11.5. The third-order valence-electron chi connectivity index (χ3n) is 2.86. The standard InChI is InChI=1S/C11H17N5OS/c1-4-12-8(17)5-6-16-10-9(13-11(16)18)7(2)14-15(10)3/h4-6H2,1-3H3,(H,12,17)(H,13,18).